The van der Waals surface area contributed by atoms with Crippen molar-refractivity contribution >= 4 is 11.6 Å². The molecular weight excluding hydrogens is 393 g/mol. The second-order valence-electron chi connectivity index (χ2n) is 7.84. The third kappa shape index (κ3) is 5.98. The van der Waals surface area contributed by atoms with Gasteiger partial charge in [-0.3, -0.25) is 4.79 Å². The molecule has 3 rings (SSSR count). The third-order valence-corrected chi connectivity index (χ3v) is 5.26. The summed E-state index contributed by atoms with van der Waals surface area (Å²) in [6, 6.07) is 12.8. The van der Waals surface area contributed by atoms with Crippen molar-refractivity contribution in [3.05, 3.63) is 65.2 Å². The zero-order chi connectivity index (χ0) is 21.7. The first kappa shape index (κ1) is 22.2. The van der Waals surface area contributed by atoms with Crippen LogP contribution in [-0.4, -0.2) is 44.2 Å². The number of amides is 1. The van der Waals surface area contributed by atoms with Gasteiger partial charge in [-0.2, -0.15) is 13.2 Å². The number of ether oxygens (including phenoxy) is 1. The van der Waals surface area contributed by atoms with Crippen LogP contribution in [0.3, 0.4) is 0 Å². The molecule has 2 aromatic carbocycles. The lowest BCUT2D eigenvalue weighted by Gasteiger charge is -2.26. The van der Waals surface area contributed by atoms with Gasteiger partial charge in [-0.25, -0.2) is 0 Å². The first-order valence-corrected chi connectivity index (χ1v) is 10.0. The van der Waals surface area contributed by atoms with E-state index in [0.717, 1.165) is 36.2 Å². The van der Waals surface area contributed by atoms with E-state index < -0.39 is 11.7 Å². The molecule has 1 aliphatic heterocycles. The van der Waals surface area contributed by atoms with Crippen molar-refractivity contribution in [1.82, 2.24) is 4.90 Å². The molecule has 1 aliphatic rings. The third-order valence-electron chi connectivity index (χ3n) is 5.26. The number of alkyl halides is 3. The smallest absolute Gasteiger partial charge is 0.378 e. The average Bonchev–Trinajstić information content (AvgIpc) is 3.21. The van der Waals surface area contributed by atoms with E-state index in [1.165, 1.54) is 12.1 Å². The van der Waals surface area contributed by atoms with Crippen LogP contribution in [0.5, 0.6) is 0 Å². The number of carbonyl (C=O) groups is 1. The molecule has 1 heterocycles. The molecule has 0 aromatic heterocycles. The quantitative estimate of drug-likeness (QED) is 0.660. The second kappa shape index (κ2) is 9.51. The van der Waals surface area contributed by atoms with Crippen LogP contribution in [0.25, 0.3) is 0 Å². The topological polar surface area (TPSA) is 32.8 Å². The van der Waals surface area contributed by atoms with Gasteiger partial charge in [0.05, 0.1) is 18.1 Å². The minimum Gasteiger partial charge on any atom is -0.378 e. The number of hydrogen-bond acceptors (Lipinski definition) is 3. The van der Waals surface area contributed by atoms with Crippen molar-refractivity contribution in [3.63, 3.8) is 0 Å². The Morgan fingerprint density at radius 3 is 2.20 bits per heavy atom. The van der Waals surface area contributed by atoms with Crippen LogP contribution in [0, 0.1) is 0 Å². The number of halogens is 3. The Morgan fingerprint density at radius 1 is 1.03 bits per heavy atom. The van der Waals surface area contributed by atoms with Crippen LogP contribution >= 0.6 is 0 Å². The van der Waals surface area contributed by atoms with E-state index in [1.54, 1.807) is 4.90 Å². The highest BCUT2D eigenvalue weighted by Gasteiger charge is 2.30. The van der Waals surface area contributed by atoms with Gasteiger partial charge in [-0.05, 0) is 48.2 Å². The van der Waals surface area contributed by atoms with E-state index in [2.05, 4.69) is 0 Å². The van der Waals surface area contributed by atoms with Crippen molar-refractivity contribution in [2.45, 2.75) is 38.1 Å². The summed E-state index contributed by atoms with van der Waals surface area (Å²) >= 11 is 0. The van der Waals surface area contributed by atoms with E-state index in [1.807, 2.05) is 43.3 Å². The van der Waals surface area contributed by atoms with Crippen molar-refractivity contribution < 1.29 is 22.7 Å². The zero-order valence-electron chi connectivity index (χ0n) is 17.3. The number of hydrogen-bond donors (Lipinski definition) is 0. The zero-order valence-corrected chi connectivity index (χ0v) is 17.3. The Kier molecular flexibility index (Phi) is 7.02. The fourth-order valence-corrected chi connectivity index (χ4v) is 3.51. The number of anilines is 1. The number of rotatable bonds is 7. The number of nitrogens with zero attached hydrogens (tertiary/aromatic N) is 2. The Balaban J connectivity index is 1.71. The van der Waals surface area contributed by atoms with Gasteiger partial charge < -0.3 is 14.5 Å². The molecule has 0 aliphatic carbocycles. The molecule has 2 aromatic rings. The standard InChI is InChI=1S/C23H27F3N2O2/c1-27(2)20-11-7-18(8-12-20)15-28(16-21-4-3-13-30-21)22(29)14-17-5-9-19(10-6-17)23(24,25)26/h5-12,21H,3-4,13-16H2,1-2H3. The molecule has 0 radical (unpaired) electrons. The minimum atomic E-state index is -4.38. The first-order valence-electron chi connectivity index (χ1n) is 10.0. The van der Waals surface area contributed by atoms with E-state index in [0.29, 0.717) is 25.3 Å². The van der Waals surface area contributed by atoms with Gasteiger partial charge in [0.15, 0.2) is 0 Å². The summed E-state index contributed by atoms with van der Waals surface area (Å²) in [5.41, 5.74) is 1.92. The van der Waals surface area contributed by atoms with Crippen LogP contribution in [0.2, 0.25) is 0 Å². The molecule has 1 amide bonds. The van der Waals surface area contributed by atoms with E-state index in [9.17, 15) is 18.0 Å². The fraction of sp³-hybridized carbons (Fsp3) is 0.435. The maximum Gasteiger partial charge on any atom is 0.416 e. The lowest BCUT2D eigenvalue weighted by molar-refractivity contribution is -0.137. The lowest BCUT2D eigenvalue weighted by Crippen LogP contribution is -2.37. The molecule has 0 saturated carbocycles. The summed E-state index contributed by atoms with van der Waals surface area (Å²) in [6.45, 7) is 1.62. The normalized spacial score (nSPS) is 16.5. The summed E-state index contributed by atoms with van der Waals surface area (Å²) in [6.07, 6.45) is -2.44. The van der Waals surface area contributed by atoms with Crippen LogP contribution in [0.4, 0.5) is 18.9 Å². The molecule has 4 nitrogen and oxygen atoms in total. The molecule has 0 spiro atoms. The molecule has 162 valence electrons. The van der Waals surface area contributed by atoms with Crippen molar-refractivity contribution in [3.8, 4) is 0 Å². The molecule has 1 fully saturated rings. The Morgan fingerprint density at radius 2 is 1.67 bits per heavy atom. The fourth-order valence-electron chi connectivity index (χ4n) is 3.51. The highest BCUT2D eigenvalue weighted by atomic mass is 19.4. The predicted molar refractivity (Wildman–Crippen MR) is 110 cm³/mol. The first-order chi connectivity index (χ1) is 14.2. The summed E-state index contributed by atoms with van der Waals surface area (Å²) < 4.78 is 44.0. The summed E-state index contributed by atoms with van der Waals surface area (Å²) in [5.74, 6) is -0.123. The Labute approximate surface area is 175 Å². The summed E-state index contributed by atoms with van der Waals surface area (Å²) in [4.78, 5) is 16.8. The molecule has 1 atom stereocenters. The summed E-state index contributed by atoms with van der Waals surface area (Å²) in [7, 11) is 3.93. The van der Waals surface area contributed by atoms with Crippen LogP contribution in [-0.2, 0) is 28.7 Å². The van der Waals surface area contributed by atoms with Crippen molar-refractivity contribution in [1.29, 1.82) is 0 Å². The number of carbonyl (C=O) groups excluding carboxylic acids is 1. The molecule has 7 heteroatoms. The SMILES string of the molecule is CN(C)c1ccc(CN(CC2CCCO2)C(=O)Cc2ccc(C(F)(F)F)cc2)cc1. The van der Waals surface area contributed by atoms with Gasteiger partial charge >= 0.3 is 6.18 Å². The van der Waals surface area contributed by atoms with Gasteiger partial charge in [-0.1, -0.05) is 24.3 Å². The van der Waals surface area contributed by atoms with Gasteiger partial charge in [-0.15, -0.1) is 0 Å². The summed E-state index contributed by atoms with van der Waals surface area (Å²) in [5, 5.41) is 0. The van der Waals surface area contributed by atoms with Crippen molar-refractivity contribution in [2.24, 2.45) is 0 Å². The molecular formula is C23H27F3N2O2. The molecule has 30 heavy (non-hydrogen) atoms. The second-order valence-corrected chi connectivity index (χ2v) is 7.84. The van der Waals surface area contributed by atoms with E-state index in [-0.39, 0.29) is 18.4 Å². The monoisotopic (exact) mass is 420 g/mol. The Hall–Kier alpha value is -2.54. The minimum absolute atomic E-state index is 0.00241. The van der Waals surface area contributed by atoms with Gasteiger partial charge in [0.2, 0.25) is 5.91 Å². The van der Waals surface area contributed by atoms with Crippen LogP contribution < -0.4 is 4.90 Å². The van der Waals surface area contributed by atoms with Crippen LogP contribution in [0.1, 0.15) is 29.5 Å². The molecule has 0 bridgehead atoms. The Bertz CT molecular complexity index is 827. The molecule has 0 N–H and O–H groups in total. The van der Waals surface area contributed by atoms with Crippen molar-refractivity contribution in [2.75, 3.05) is 32.1 Å². The van der Waals surface area contributed by atoms with Gasteiger partial charge in [0.25, 0.3) is 0 Å². The van der Waals surface area contributed by atoms with Crippen LogP contribution in [0.15, 0.2) is 48.5 Å². The van der Waals surface area contributed by atoms with Gasteiger partial charge in [0, 0.05) is 39.5 Å². The van der Waals surface area contributed by atoms with E-state index in [4.69, 9.17) is 4.74 Å². The maximum atomic E-state index is 13.0. The lowest BCUT2D eigenvalue weighted by atomic mass is 10.1. The largest absolute Gasteiger partial charge is 0.416 e. The van der Waals surface area contributed by atoms with E-state index >= 15 is 0 Å². The molecule has 1 unspecified atom stereocenters. The highest BCUT2D eigenvalue weighted by molar-refractivity contribution is 5.79. The maximum absolute atomic E-state index is 13.0. The number of benzene rings is 2. The molecule has 1 saturated heterocycles. The van der Waals surface area contributed by atoms with Gasteiger partial charge in [0.1, 0.15) is 0 Å². The predicted octanol–water partition coefficient (Wildman–Crippen LogP) is 4.52. The average molecular weight is 420 g/mol. The highest BCUT2D eigenvalue weighted by Crippen LogP contribution is 2.29.